The number of nitrogens with zero attached hydrogens (tertiary/aromatic N) is 4. The number of likely N-dealkylation sites (tertiary alicyclic amines) is 1. The van der Waals surface area contributed by atoms with Gasteiger partial charge in [-0.25, -0.2) is 8.42 Å². The van der Waals surface area contributed by atoms with Crippen LogP contribution in [0, 0.1) is 0 Å². The maximum Gasteiger partial charge on any atom is 0.416 e. The molecule has 0 aliphatic carbocycles. The first-order valence-corrected chi connectivity index (χ1v) is 16.0. The number of thioether (sulfide) groups is 1. The third-order valence-electron chi connectivity index (χ3n) is 7.19. The minimum atomic E-state index is -4.56. The number of sulfone groups is 1. The normalized spacial score (nSPS) is 18.8. The van der Waals surface area contributed by atoms with Gasteiger partial charge in [0, 0.05) is 42.3 Å². The Balaban J connectivity index is 1.29. The zero-order chi connectivity index (χ0) is 29.5. The Morgan fingerprint density at radius 3 is 2.54 bits per heavy atom. The molecule has 8 nitrogen and oxygen atoms in total. The van der Waals surface area contributed by atoms with Gasteiger partial charge in [0.2, 0.25) is 0 Å². The van der Waals surface area contributed by atoms with Crippen molar-refractivity contribution in [1.29, 1.82) is 0 Å². The van der Waals surface area contributed by atoms with Crippen molar-refractivity contribution in [3.8, 4) is 0 Å². The van der Waals surface area contributed by atoms with E-state index in [4.69, 9.17) is 11.6 Å². The molecule has 0 spiro atoms. The van der Waals surface area contributed by atoms with E-state index >= 15 is 0 Å². The fourth-order valence-electron chi connectivity index (χ4n) is 5.08. The summed E-state index contributed by atoms with van der Waals surface area (Å²) in [7, 11) is -3.06. The third kappa shape index (κ3) is 6.79. The second-order valence-corrected chi connectivity index (χ2v) is 13.9. The van der Waals surface area contributed by atoms with E-state index in [1.165, 1.54) is 28.0 Å². The van der Waals surface area contributed by atoms with Crippen LogP contribution in [0.25, 0.3) is 17.0 Å². The topological polar surface area (TPSA) is 92.6 Å². The van der Waals surface area contributed by atoms with Crippen molar-refractivity contribution in [3.63, 3.8) is 0 Å². The second kappa shape index (κ2) is 11.4. The van der Waals surface area contributed by atoms with Crippen LogP contribution in [0.3, 0.4) is 0 Å². The number of fused-ring (bicyclic) bond motifs is 1. The number of aromatic nitrogens is 2. The van der Waals surface area contributed by atoms with E-state index in [0.29, 0.717) is 48.9 Å². The van der Waals surface area contributed by atoms with E-state index in [9.17, 15) is 31.2 Å². The standard InChI is InChI=1S/C27H26ClF3N4O4S2/c1-41(38,39)11-10-33-8-6-21(7-9-33)35-25(36)24(40-26(35)37)13-17-2-5-23-19(12-17)15-32-34(23)16-18-3-4-20(28)14-22(18)27(29,30)31/h2-5,12-15,21H,6-11,16H2,1H3. The summed E-state index contributed by atoms with van der Waals surface area (Å²) in [6.07, 6.45) is 0.954. The van der Waals surface area contributed by atoms with Gasteiger partial charge in [-0.3, -0.25) is 19.2 Å². The molecule has 0 radical (unpaired) electrons. The number of carbonyl (C=O) groups is 2. The van der Waals surface area contributed by atoms with Crippen LogP contribution in [0.5, 0.6) is 0 Å². The molecule has 14 heteroatoms. The lowest BCUT2D eigenvalue weighted by atomic mass is 10.0. The first kappa shape index (κ1) is 29.6. The maximum absolute atomic E-state index is 13.5. The lowest BCUT2D eigenvalue weighted by molar-refractivity contribution is -0.138. The van der Waals surface area contributed by atoms with E-state index in [1.54, 1.807) is 30.5 Å². The number of hydrogen-bond donors (Lipinski definition) is 0. The minimum absolute atomic E-state index is 0.00415. The van der Waals surface area contributed by atoms with Crippen LogP contribution in [-0.4, -0.2) is 76.8 Å². The monoisotopic (exact) mass is 626 g/mol. The summed E-state index contributed by atoms with van der Waals surface area (Å²) in [6, 6.07) is 8.59. The van der Waals surface area contributed by atoms with Gasteiger partial charge in [-0.2, -0.15) is 18.3 Å². The van der Waals surface area contributed by atoms with Crippen LogP contribution in [0.15, 0.2) is 47.5 Å². The molecule has 3 heterocycles. The molecule has 2 aliphatic rings. The highest BCUT2D eigenvalue weighted by atomic mass is 35.5. The molecule has 2 saturated heterocycles. The Hall–Kier alpha value is -2.87. The molecule has 0 atom stereocenters. The number of halogens is 4. The average molecular weight is 627 g/mol. The number of alkyl halides is 3. The highest BCUT2D eigenvalue weighted by Gasteiger charge is 2.41. The third-order valence-corrected chi connectivity index (χ3v) is 9.23. The van der Waals surface area contributed by atoms with Gasteiger partial charge in [-0.1, -0.05) is 23.7 Å². The summed E-state index contributed by atoms with van der Waals surface area (Å²) in [4.78, 5) is 29.5. The number of hydrogen-bond acceptors (Lipinski definition) is 7. The fourth-order valence-corrected chi connectivity index (χ4v) is 6.74. The molecular formula is C27H26ClF3N4O4S2. The van der Waals surface area contributed by atoms with Gasteiger partial charge >= 0.3 is 6.18 Å². The summed E-state index contributed by atoms with van der Waals surface area (Å²) in [5, 5.41) is 4.59. The van der Waals surface area contributed by atoms with Gasteiger partial charge in [0.1, 0.15) is 9.84 Å². The van der Waals surface area contributed by atoms with Crippen LogP contribution in [0.2, 0.25) is 5.02 Å². The summed E-state index contributed by atoms with van der Waals surface area (Å²) in [5.74, 6) is -0.297. The van der Waals surface area contributed by atoms with Crippen molar-refractivity contribution in [3.05, 3.63) is 69.2 Å². The van der Waals surface area contributed by atoms with Gasteiger partial charge in [0.05, 0.1) is 34.5 Å². The molecule has 2 fully saturated rings. The van der Waals surface area contributed by atoms with E-state index in [0.717, 1.165) is 17.8 Å². The lowest BCUT2D eigenvalue weighted by Crippen LogP contribution is -2.47. The van der Waals surface area contributed by atoms with E-state index < -0.39 is 21.6 Å². The van der Waals surface area contributed by atoms with Gasteiger partial charge < -0.3 is 4.90 Å². The van der Waals surface area contributed by atoms with Crippen LogP contribution in [-0.2, 0) is 27.4 Å². The van der Waals surface area contributed by atoms with Crippen LogP contribution in [0.4, 0.5) is 18.0 Å². The van der Waals surface area contributed by atoms with Gasteiger partial charge in [0.25, 0.3) is 11.1 Å². The molecule has 2 aliphatic heterocycles. The highest BCUT2D eigenvalue weighted by Crippen LogP contribution is 2.37. The summed E-state index contributed by atoms with van der Waals surface area (Å²) >= 11 is 6.66. The quantitative estimate of drug-likeness (QED) is 0.329. The number of piperidine rings is 1. The molecule has 2 amide bonds. The van der Waals surface area contributed by atoms with E-state index in [2.05, 4.69) is 5.10 Å². The van der Waals surface area contributed by atoms with Crippen molar-refractivity contribution in [2.45, 2.75) is 31.6 Å². The zero-order valence-electron chi connectivity index (χ0n) is 21.9. The Kier molecular flexibility index (Phi) is 8.25. The van der Waals surface area contributed by atoms with E-state index in [-0.39, 0.29) is 45.0 Å². The van der Waals surface area contributed by atoms with E-state index in [1.807, 2.05) is 4.90 Å². The molecular weight excluding hydrogens is 601 g/mol. The molecule has 0 N–H and O–H groups in total. The molecule has 0 unspecified atom stereocenters. The average Bonchev–Trinajstić information content (AvgIpc) is 3.42. The summed E-state index contributed by atoms with van der Waals surface area (Å²) in [6.45, 7) is 1.51. The predicted molar refractivity (Wildman–Crippen MR) is 152 cm³/mol. The van der Waals surface area contributed by atoms with Gasteiger partial charge in [-0.05, 0) is 66.1 Å². The number of amides is 2. The number of rotatable bonds is 7. The molecule has 2 aromatic carbocycles. The SMILES string of the molecule is CS(=O)(=O)CCN1CCC(N2C(=O)SC(=Cc3ccc4c(cnn4Cc4ccc(Cl)cc4C(F)(F)F)c3)C2=O)CC1. The zero-order valence-corrected chi connectivity index (χ0v) is 24.3. The van der Waals surface area contributed by atoms with Crippen LogP contribution in [0.1, 0.15) is 29.5 Å². The Morgan fingerprint density at radius 2 is 1.85 bits per heavy atom. The Labute approximate surface area is 244 Å². The Morgan fingerprint density at radius 1 is 1.12 bits per heavy atom. The lowest BCUT2D eigenvalue weighted by Gasteiger charge is -2.35. The molecule has 5 rings (SSSR count). The molecule has 218 valence electrons. The second-order valence-electron chi connectivity index (χ2n) is 10.2. The van der Waals surface area contributed by atoms with Crippen molar-refractivity contribution in [2.75, 3.05) is 31.6 Å². The number of carbonyl (C=O) groups excluding carboxylic acids is 2. The van der Waals surface area contributed by atoms with Gasteiger partial charge in [0.15, 0.2) is 0 Å². The molecule has 0 saturated carbocycles. The largest absolute Gasteiger partial charge is 0.416 e. The van der Waals surface area contributed by atoms with Crippen molar-refractivity contribution < 1.29 is 31.2 Å². The molecule has 0 bridgehead atoms. The molecule has 3 aromatic rings. The maximum atomic E-state index is 13.5. The fraction of sp³-hybridized carbons (Fsp3) is 0.370. The van der Waals surface area contributed by atoms with Crippen molar-refractivity contribution in [2.24, 2.45) is 0 Å². The summed E-state index contributed by atoms with van der Waals surface area (Å²) < 4.78 is 65.0. The molecule has 41 heavy (non-hydrogen) atoms. The van der Waals surface area contributed by atoms with Crippen LogP contribution < -0.4 is 0 Å². The number of imide groups is 1. The summed E-state index contributed by atoms with van der Waals surface area (Å²) in [5.41, 5.74) is 0.480. The predicted octanol–water partition coefficient (Wildman–Crippen LogP) is 5.30. The first-order valence-electron chi connectivity index (χ1n) is 12.8. The number of benzene rings is 2. The van der Waals surface area contributed by atoms with Crippen molar-refractivity contribution in [1.82, 2.24) is 19.6 Å². The highest BCUT2D eigenvalue weighted by molar-refractivity contribution is 8.18. The van der Waals surface area contributed by atoms with Crippen LogP contribution >= 0.6 is 23.4 Å². The van der Waals surface area contributed by atoms with Crippen molar-refractivity contribution >= 4 is 61.3 Å². The minimum Gasteiger partial charge on any atom is -0.302 e. The van der Waals surface area contributed by atoms with Gasteiger partial charge in [-0.15, -0.1) is 0 Å². The first-order chi connectivity index (χ1) is 19.3. The Bertz CT molecular complexity index is 1650. The smallest absolute Gasteiger partial charge is 0.302 e. The molecule has 1 aromatic heterocycles.